The van der Waals surface area contributed by atoms with Gasteiger partial charge in [-0.15, -0.1) is 0 Å². The van der Waals surface area contributed by atoms with Crippen LogP contribution in [0.15, 0.2) is 41.6 Å². The molecule has 3 rings (SSSR count). The van der Waals surface area contributed by atoms with E-state index < -0.39 is 17.9 Å². The van der Waals surface area contributed by atoms with Crippen LogP contribution in [0.25, 0.3) is 11.1 Å². The number of methoxy groups -OCH3 is 2. The molecule has 1 fully saturated rings. The highest BCUT2D eigenvalue weighted by Crippen LogP contribution is 2.40. The van der Waals surface area contributed by atoms with Crippen molar-refractivity contribution < 1.29 is 29.0 Å². The van der Waals surface area contributed by atoms with Crippen molar-refractivity contribution in [3.05, 3.63) is 47.5 Å². The number of carbonyl (C=O) groups is 2. The van der Waals surface area contributed by atoms with Gasteiger partial charge in [0, 0.05) is 12.3 Å². The Balaban J connectivity index is 1.79. The number of oxime groups is 1. The summed E-state index contributed by atoms with van der Waals surface area (Å²) in [5.74, 6) is 1.67. The van der Waals surface area contributed by atoms with Crippen molar-refractivity contribution in [1.82, 2.24) is 5.32 Å². The summed E-state index contributed by atoms with van der Waals surface area (Å²) in [5, 5.41) is 16.4. The largest absolute Gasteiger partial charge is 0.496 e. The number of nitrogens with one attached hydrogen (secondary N) is 1. The maximum absolute atomic E-state index is 13.0. The Kier molecular flexibility index (Phi) is 10.7. The fourth-order valence-corrected chi connectivity index (χ4v) is 5.64. The molecule has 1 amide bonds. The highest BCUT2D eigenvalue weighted by molar-refractivity contribution is 7.99. The molecule has 2 N–H and O–H groups in total. The van der Waals surface area contributed by atoms with Gasteiger partial charge >= 0.3 is 5.97 Å². The molecule has 8 nitrogen and oxygen atoms in total. The van der Waals surface area contributed by atoms with Crippen LogP contribution in [0.5, 0.6) is 11.5 Å². The summed E-state index contributed by atoms with van der Waals surface area (Å²) in [6, 6.07) is 10.5. The zero-order valence-electron chi connectivity index (χ0n) is 21.9. The summed E-state index contributed by atoms with van der Waals surface area (Å²) in [6.07, 6.45) is 3.69. The lowest BCUT2D eigenvalue weighted by molar-refractivity contribution is -0.141. The van der Waals surface area contributed by atoms with Gasteiger partial charge in [-0.25, -0.2) is 4.79 Å². The van der Waals surface area contributed by atoms with Gasteiger partial charge in [0.1, 0.15) is 30.4 Å². The zero-order valence-corrected chi connectivity index (χ0v) is 22.7. The second-order valence-corrected chi connectivity index (χ2v) is 10.2. The molecular weight excluding hydrogens is 492 g/mol. The number of carbonyl (C=O) groups excluding carboxylic acids is 1. The van der Waals surface area contributed by atoms with Gasteiger partial charge in [0.25, 0.3) is 5.91 Å². The molecule has 0 unspecified atom stereocenters. The number of amides is 1. The molecule has 0 aromatic heterocycles. The number of hydrogen-bond donors (Lipinski definition) is 2. The smallest absolute Gasteiger partial charge is 0.326 e. The minimum atomic E-state index is -1.11. The van der Waals surface area contributed by atoms with E-state index in [1.807, 2.05) is 48.2 Å². The van der Waals surface area contributed by atoms with Crippen LogP contribution in [0.1, 0.15) is 37.3 Å². The first-order valence-corrected chi connectivity index (χ1v) is 13.6. The summed E-state index contributed by atoms with van der Waals surface area (Å²) < 4.78 is 11.3. The fourth-order valence-electron chi connectivity index (χ4n) is 4.53. The van der Waals surface area contributed by atoms with Crippen LogP contribution >= 0.6 is 11.8 Å². The third kappa shape index (κ3) is 7.41. The second kappa shape index (κ2) is 13.9. The van der Waals surface area contributed by atoms with E-state index in [0.717, 1.165) is 70.9 Å². The molecule has 1 atom stereocenters. The molecule has 2 aromatic rings. The molecule has 0 aliphatic carbocycles. The minimum Gasteiger partial charge on any atom is -0.496 e. The number of nitrogens with zero attached hydrogens (tertiary/aromatic N) is 1. The van der Waals surface area contributed by atoms with Crippen molar-refractivity contribution in [2.75, 3.05) is 32.8 Å². The van der Waals surface area contributed by atoms with Crippen LogP contribution in [0.3, 0.4) is 0 Å². The molecule has 1 aliphatic rings. The molecule has 200 valence electrons. The Hall–Kier alpha value is -3.20. The van der Waals surface area contributed by atoms with Crippen molar-refractivity contribution in [2.45, 2.75) is 45.1 Å². The molecule has 2 aromatic carbocycles. The Morgan fingerprint density at radius 1 is 1.05 bits per heavy atom. The number of aryl methyl sites for hydroxylation is 1. The second-order valence-electron chi connectivity index (χ2n) is 8.94. The third-order valence-corrected chi connectivity index (χ3v) is 7.47. The number of carboxylic acid groups (broad SMARTS) is 1. The van der Waals surface area contributed by atoms with E-state index in [4.69, 9.17) is 14.3 Å². The highest BCUT2D eigenvalue weighted by Gasteiger charge is 2.29. The van der Waals surface area contributed by atoms with Crippen LogP contribution in [-0.2, 0) is 27.3 Å². The molecule has 0 bridgehead atoms. The Bertz CT molecular complexity index is 1070. The first kappa shape index (κ1) is 28.4. The summed E-state index contributed by atoms with van der Waals surface area (Å²) in [6.45, 7) is 2.12. The van der Waals surface area contributed by atoms with E-state index in [0.29, 0.717) is 0 Å². The van der Waals surface area contributed by atoms with Crippen LogP contribution < -0.4 is 14.8 Å². The van der Waals surface area contributed by atoms with E-state index in [-0.39, 0.29) is 18.1 Å². The van der Waals surface area contributed by atoms with E-state index in [1.165, 1.54) is 7.11 Å². The van der Waals surface area contributed by atoms with E-state index in [1.54, 1.807) is 14.2 Å². The van der Waals surface area contributed by atoms with Crippen LogP contribution in [0.2, 0.25) is 0 Å². The van der Waals surface area contributed by atoms with E-state index in [9.17, 15) is 14.7 Å². The summed E-state index contributed by atoms with van der Waals surface area (Å²) >= 11 is 1.84. The average molecular weight is 529 g/mol. The molecule has 0 spiro atoms. The van der Waals surface area contributed by atoms with Crippen molar-refractivity contribution in [3.63, 3.8) is 0 Å². The van der Waals surface area contributed by atoms with Crippen molar-refractivity contribution in [1.29, 1.82) is 0 Å². The molecule has 1 aliphatic heterocycles. The first-order chi connectivity index (χ1) is 17.9. The van der Waals surface area contributed by atoms with Gasteiger partial charge in [0.15, 0.2) is 0 Å². The number of benzene rings is 2. The number of thioether (sulfide) groups is 1. The Labute approximate surface area is 222 Å². The van der Waals surface area contributed by atoms with E-state index in [2.05, 4.69) is 17.4 Å². The number of aliphatic carboxylic acids is 1. The van der Waals surface area contributed by atoms with Gasteiger partial charge in [0.05, 0.1) is 19.8 Å². The number of hydrogen-bond acceptors (Lipinski definition) is 7. The third-order valence-electron chi connectivity index (χ3n) is 6.42. The monoisotopic (exact) mass is 528 g/mol. The molecule has 1 heterocycles. The van der Waals surface area contributed by atoms with Crippen molar-refractivity contribution in [3.8, 4) is 22.6 Å². The van der Waals surface area contributed by atoms with Crippen LogP contribution in [-0.4, -0.2) is 61.6 Å². The Morgan fingerprint density at radius 2 is 1.68 bits per heavy atom. The van der Waals surface area contributed by atoms with Gasteiger partial charge in [-0.3, -0.25) is 4.79 Å². The van der Waals surface area contributed by atoms with Crippen molar-refractivity contribution in [2.24, 2.45) is 11.1 Å². The first-order valence-electron chi connectivity index (χ1n) is 12.5. The van der Waals surface area contributed by atoms with Gasteiger partial charge in [-0.05, 0) is 59.6 Å². The zero-order chi connectivity index (χ0) is 26.8. The predicted molar refractivity (Wildman–Crippen MR) is 147 cm³/mol. The van der Waals surface area contributed by atoms with Gasteiger partial charge in [-0.2, -0.15) is 11.8 Å². The number of rotatable bonds is 12. The lowest BCUT2D eigenvalue weighted by Gasteiger charge is -2.23. The quantitative estimate of drug-likeness (QED) is 0.307. The summed E-state index contributed by atoms with van der Waals surface area (Å²) in [7, 11) is 4.66. The molecule has 37 heavy (non-hydrogen) atoms. The molecule has 0 saturated carbocycles. The maximum Gasteiger partial charge on any atom is 0.326 e. The minimum absolute atomic E-state index is 0.0383. The highest BCUT2D eigenvalue weighted by atomic mass is 32.2. The lowest BCUT2D eigenvalue weighted by atomic mass is 9.95. The predicted octanol–water partition coefficient (Wildman–Crippen LogP) is 4.58. The number of ether oxygens (including phenoxy) is 2. The maximum atomic E-state index is 13.0. The molecule has 9 heteroatoms. The SMILES string of the molecule is CCCc1cc(OC)c(-c2ccc(C[C@H](NC(=O)C(=NOC)C3CCSCC3)C(=O)O)cc2)c(OC)c1. The van der Waals surface area contributed by atoms with Gasteiger partial charge < -0.3 is 24.7 Å². The average Bonchev–Trinajstić information content (AvgIpc) is 2.91. The normalized spacial score (nSPS) is 15.1. The molecular formula is C28H36N2O6S. The topological polar surface area (TPSA) is 106 Å². The Morgan fingerprint density at radius 3 is 2.19 bits per heavy atom. The van der Waals surface area contributed by atoms with Gasteiger partial charge in [-0.1, -0.05) is 42.8 Å². The molecule has 0 radical (unpaired) electrons. The summed E-state index contributed by atoms with van der Waals surface area (Å²) in [5.41, 5.74) is 3.90. The summed E-state index contributed by atoms with van der Waals surface area (Å²) in [4.78, 5) is 29.9. The fraction of sp³-hybridized carbons (Fsp3) is 0.464. The molecule has 1 saturated heterocycles. The van der Waals surface area contributed by atoms with Crippen LogP contribution in [0.4, 0.5) is 0 Å². The van der Waals surface area contributed by atoms with Crippen LogP contribution in [0, 0.1) is 5.92 Å². The van der Waals surface area contributed by atoms with Gasteiger partial charge in [0.2, 0.25) is 0 Å². The number of carboxylic acids is 1. The standard InChI is InChI=1S/C28H36N2O6S/c1-5-6-19-16-23(34-2)25(24(17-19)35-3)20-9-7-18(8-10-20)15-22(28(32)33)29-27(31)26(30-36-4)21-11-13-37-14-12-21/h7-10,16-17,21-22H,5-6,11-15H2,1-4H3,(H,29,31)(H,32,33)/t22-/m0/s1. The van der Waals surface area contributed by atoms with Crippen molar-refractivity contribution >= 4 is 29.4 Å². The lowest BCUT2D eigenvalue weighted by Crippen LogP contribution is -2.47. The van der Waals surface area contributed by atoms with E-state index >= 15 is 0 Å².